The first kappa shape index (κ1) is 15.0. The van der Waals surface area contributed by atoms with Gasteiger partial charge in [-0.1, -0.05) is 17.8 Å². The fraction of sp³-hybridized carbons (Fsp3) is 0.429. The molecule has 0 atom stereocenters. The van der Waals surface area contributed by atoms with Crippen LogP contribution in [0.25, 0.3) is 0 Å². The zero-order valence-corrected chi connectivity index (χ0v) is 12.9. The predicted molar refractivity (Wildman–Crippen MR) is 79.9 cm³/mol. The molecule has 1 aromatic carbocycles. The maximum absolute atomic E-state index is 5.02. The molecule has 1 heterocycles. The standard InChI is InChI=1S/C14H20N4OS/c1-11-8-13(20-14-16-10-17-18(14)2)5-4-12(11)9-15-6-7-19-3/h4-5,8,10,15H,6-7,9H2,1-3H3. The number of aromatic nitrogens is 3. The van der Waals surface area contributed by atoms with E-state index >= 15 is 0 Å². The van der Waals surface area contributed by atoms with E-state index in [1.807, 2.05) is 7.05 Å². The van der Waals surface area contributed by atoms with Crippen molar-refractivity contribution >= 4 is 11.8 Å². The van der Waals surface area contributed by atoms with Gasteiger partial charge in [0.1, 0.15) is 6.33 Å². The van der Waals surface area contributed by atoms with E-state index in [0.29, 0.717) is 0 Å². The summed E-state index contributed by atoms with van der Waals surface area (Å²) in [4.78, 5) is 5.40. The predicted octanol–water partition coefficient (Wildman–Crippen LogP) is 2.01. The lowest BCUT2D eigenvalue weighted by Crippen LogP contribution is -2.19. The van der Waals surface area contributed by atoms with E-state index < -0.39 is 0 Å². The van der Waals surface area contributed by atoms with Gasteiger partial charge in [-0.05, 0) is 30.2 Å². The summed E-state index contributed by atoms with van der Waals surface area (Å²) in [5.41, 5.74) is 2.59. The minimum Gasteiger partial charge on any atom is -0.383 e. The molecule has 0 unspecified atom stereocenters. The minimum atomic E-state index is 0.735. The van der Waals surface area contributed by atoms with Gasteiger partial charge in [0.15, 0.2) is 5.16 Å². The third-order valence-corrected chi connectivity index (χ3v) is 4.03. The number of ether oxygens (including phenoxy) is 1. The van der Waals surface area contributed by atoms with Crippen LogP contribution in [0.2, 0.25) is 0 Å². The number of hydrogen-bond donors (Lipinski definition) is 1. The van der Waals surface area contributed by atoms with Crippen LogP contribution in [0, 0.1) is 6.92 Å². The van der Waals surface area contributed by atoms with E-state index in [1.165, 1.54) is 16.0 Å². The van der Waals surface area contributed by atoms with Gasteiger partial charge in [0.2, 0.25) is 0 Å². The van der Waals surface area contributed by atoms with Gasteiger partial charge in [0.25, 0.3) is 0 Å². The van der Waals surface area contributed by atoms with E-state index in [4.69, 9.17) is 4.74 Å². The maximum atomic E-state index is 5.02. The van der Waals surface area contributed by atoms with Gasteiger partial charge >= 0.3 is 0 Å². The van der Waals surface area contributed by atoms with Crippen molar-refractivity contribution in [2.45, 2.75) is 23.5 Å². The van der Waals surface area contributed by atoms with Crippen molar-refractivity contribution in [3.8, 4) is 0 Å². The molecule has 1 aromatic heterocycles. The Kier molecular flexibility index (Phi) is 5.58. The van der Waals surface area contributed by atoms with E-state index in [2.05, 4.69) is 40.5 Å². The highest BCUT2D eigenvalue weighted by Gasteiger charge is 2.05. The molecule has 2 aromatic rings. The molecular formula is C14H20N4OS. The largest absolute Gasteiger partial charge is 0.383 e. The van der Waals surface area contributed by atoms with Crippen LogP contribution in [0.1, 0.15) is 11.1 Å². The molecule has 0 saturated carbocycles. The lowest BCUT2D eigenvalue weighted by atomic mass is 10.1. The molecule has 1 N–H and O–H groups in total. The van der Waals surface area contributed by atoms with Crippen LogP contribution in [0.4, 0.5) is 0 Å². The van der Waals surface area contributed by atoms with Crippen molar-refractivity contribution in [2.75, 3.05) is 20.3 Å². The number of hydrogen-bond acceptors (Lipinski definition) is 5. The highest BCUT2D eigenvalue weighted by Crippen LogP contribution is 2.26. The summed E-state index contributed by atoms with van der Waals surface area (Å²) in [5.74, 6) is 0. The first-order chi connectivity index (χ1) is 9.70. The Morgan fingerprint density at radius 1 is 1.40 bits per heavy atom. The lowest BCUT2D eigenvalue weighted by molar-refractivity contribution is 0.199. The Labute approximate surface area is 123 Å². The minimum absolute atomic E-state index is 0.735. The average Bonchev–Trinajstić information content (AvgIpc) is 2.82. The summed E-state index contributed by atoms with van der Waals surface area (Å²) in [7, 11) is 3.61. The molecule has 0 radical (unpaired) electrons. The second-order valence-corrected chi connectivity index (χ2v) is 5.57. The SMILES string of the molecule is COCCNCc1ccc(Sc2ncnn2C)cc1C. The Morgan fingerprint density at radius 2 is 2.25 bits per heavy atom. The Morgan fingerprint density at radius 3 is 2.90 bits per heavy atom. The highest BCUT2D eigenvalue weighted by molar-refractivity contribution is 7.99. The summed E-state index contributed by atoms with van der Waals surface area (Å²) in [6, 6.07) is 6.47. The van der Waals surface area contributed by atoms with Crippen molar-refractivity contribution in [3.63, 3.8) is 0 Å². The topological polar surface area (TPSA) is 52.0 Å². The Hall–Kier alpha value is -1.37. The number of methoxy groups -OCH3 is 1. The van der Waals surface area contributed by atoms with Crippen LogP contribution >= 0.6 is 11.8 Å². The van der Waals surface area contributed by atoms with Gasteiger partial charge in [-0.25, -0.2) is 9.67 Å². The second-order valence-electron chi connectivity index (χ2n) is 4.53. The molecule has 0 bridgehead atoms. The summed E-state index contributed by atoms with van der Waals surface area (Å²) < 4.78 is 6.80. The summed E-state index contributed by atoms with van der Waals surface area (Å²) in [6.07, 6.45) is 1.57. The maximum Gasteiger partial charge on any atom is 0.190 e. The lowest BCUT2D eigenvalue weighted by Gasteiger charge is -2.09. The molecule has 0 aliphatic carbocycles. The summed E-state index contributed by atoms with van der Waals surface area (Å²) >= 11 is 1.62. The van der Waals surface area contributed by atoms with E-state index in [0.717, 1.165) is 24.9 Å². The fourth-order valence-corrected chi connectivity index (χ4v) is 2.67. The van der Waals surface area contributed by atoms with Crippen LogP contribution in [0.3, 0.4) is 0 Å². The molecule has 0 fully saturated rings. The molecule has 6 heteroatoms. The summed E-state index contributed by atoms with van der Waals surface area (Å²) in [5, 5.41) is 8.33. The molecule has 0 spiro atoms. The van der Waals surface area contributed by atoms with Crippen LogP contribution in [0.5, 0.6) is 0 Å². The quantitative estimate of drug-likeness (QED) is 0.791. The summed E-state index contributed by atoms with van der Waals surface area (Å²) in [6.45, 7) is 4.60. The van der Waals surface area contributed by atoms with E-state index in [1.54, 1.807) is 29.9 Å². The van der Waals surface area contributed by atoms with Crippen molar-refractivity contribution in [2.24, 2.45) is 7.05 Å². The van der Waals surface area contributed by atoms with Gasteiger partial charge < -0.3 is 10.1 Å². The van der Waals surface area contributed by atoms with Crippen molar-refractivity contribution in [1.29, 1.82) is 0 Å². The van der Waals surface area contributed by atoms with Crippen molar-refractivity contribution in [1.82, 2.24) is 20.1 Å². The van der Waals surface area contributed by atoms with Gasteiger partial charge in [0.05, 0.1) is 6.61 Å². The van der Waals surface area contributed by atoms with E-state index in [9.17, 15) is 0 Å². The molecule has 2 rings (SSSR count). The first-order valence-corrected chi connectivity index (χ1v) is 7.33. The zero-order chi connectivity index (χ0) is 14.4. The van der Waals surface area contributed by atoms with Crippen LogP contribution < -0.4 is 5.32 Å². The first-order valence-electron chi connectivity index (χ1n) is 6.51. The molecule has 108 valence electrons. The third-order valence-electron chi connectivity index (χ3n) is 2.99. The normalized spacial score (nSPS) is 10.9. The van der Waals surface area contributed by atoms with Gasteiger partial charge in [-0.3, -0.25) is 0 Å². The average molecular weight is 292 g/mol. The Balaban J connectivity index is 1.97. The third kappa shape index (κ3) is 4.06. The van der Waals surface area contributed by atoms with E-state index in [-0.39, 0.29) is 0 Å². The molecule has 5 nitrogen and oxygen atoms in total. The second kappa shape index (κ2) is 7.42. The Bertz CT molecular complexity index is 556. The molecule has 0 saturated heterocycles. The van der Waals surface area contributed by atoms with Crippen LogP contribution in [0.15, 0.2) is 34.6 Å². The molecular weight excluding hydrogens is 272 g/mol. The number of nitrogens with one attached hydrogen (secondary N) is 1. The van der Waals surface area contributed by atoms with Crippen LogP contribution in [-0.4, -0.2) is 35.0 Å². The number of benzene rings is 1. The number of rotatable bonds is 7. The number of aryl methyl sites for hydroxylation is 2. The van der Waals surface area contributed by atoms with Crippen molar-refractivity contribution in [3.05, 3.63) is 35.7 Å². The smallest absolute Gasteiger partial charge is 0.190 e. The highest BCUT2D eigenvalue weighted by atomic mass is 32.2. The molecule has 0 aliphatic heterocycles. The fourth-order valence-electron chi connectivity index (χ4n) is 1.81. The van der Waals surface area contributed by atoms with Crippen molar-refractivity contribution < 1.29 is 4.74 Å². The zero-order valence-electron chi connectivity index (χ0n) is 12.1. The molecule has 20 heavy (non-hydrogen) atoms. The number of nitrogens with zero attached hydrogens (tertiary/aromatic N) is 3. The molecule has 0 aliphatic rings. The van der Waals surface area contributed by atoms with Gasteiger partial charge in [-0.15, -0.1) is 0 Å². The molecule has 0 amide bonds. The van der Waals surface area contributed by atoms with Gasteiger partial charge in [-0.2, -0.15) is 5.10 Å². The van der Waals surface area contributed by atoms with Gasteiger partial charge in [0, 0.05) is 32.1 Å². The van der Waals surface area contributed by atoms with Crippen LogP contribution in [-0.2, 0) is 18.3 Å². The monoisotopic (exact) mass is 292 g/mol.